The van der Waals surface area contributed by atoms with Gasteiger partial charge in [-0.2, -0.15) is 0 Å². The summed E-state index contributed by atoms with van der Waals surface area (Å²) in [6.45, 7) is 2.98. The van der Waals surface area contributed by atoms with E-state index in [0.717, 1.165) is 51.2 Å². The number of hydrogen-bond acceptors (Lipinski definition) is 3. The number of ether oxygens (including phenoxy) is 2. The highest BCUT2D eigenvalue weighted by atomic mass is 35.5. The Kier molecular flexibility index (Phi) is 8.65. The van der Waals surface area contributed by atoms with Crippen LogP contribution in [0, 0.1) is 0 Å². The quantitative estimate of drug-likeness (QED) is 0.665. The third-order valence-electron chi connectivity index (χ3n) is 2.49. The van der Waals surface area contributed by atoms with Crippen molar-refractivity contribution < 1.29 is 9.47 Å². The standard InChI is InChI=1S/C14H22ClNO2/c15-13-6-4-7-14(12-13)18-11-5-10-17-9-3-1-2-8-16/h4,6-7,12H,1-3,5,8-11,16H2. The van der Waals surface area contributed by atoms with E-state index < -0.39 is 0 Å². The molecule has 1 aromatic carbocycles. The van der Waals surface area contributed by atoms with Crippen molar-refractivity contribution in [3.8, 4) is 5.75 Å². The molecule has 0 unspecified atom stereocenters. The topological polar surface area (TPSA) is 44.5 Å². The minimum atomic E-state index is 0.656. The van der Waals surface area contributed by atoms with Crippen LogP contribution in [0.25, 0.3) is 0 Å². The maximum absolute atomic E-state index is 5.85. The molecule has 3 nitrogen and oxygen atoms in total. The Hall–Kier alpha value is -0.770. The van der Waals surface area contributed by atoms with Crippen LogP contribution in [-0.4, -0.2) is 26.4 Å². The molecule has 0 fully saturated rings. The molecule has 0 saturated carbocycles. The number of rotatable bonds is 10. The SMILES string of the molecule is NCCCCCOCCCOc1cccc(Cl)c1. The largest absolute Gasteiger partial charge is 0.493 e. The second-order valence-corrected chi connectivity index (χ2v) is 4.56. The molecule has 0 bridgehead atoms. The van der Waals surface area contributed by atoms with Gasteiger partial charge in [-0.05, 0) is 44.0 Å². The molecule has 0 radical (unpaired) electrons. The van der Waals surface area contributed by atoms with Gasteiger partial charge in [0.1, 0.15) is 5.75 Å². The summed E-state index contributed by atoms with van der Waals surface area (Å²) in [5.41, 5.74) is 5.41. The number of halogens is 1. The molecule has 0 atom stereocenters. The second-order valence-electron chi connectivity index (χ2n) is 4.12. The molecule has 0 aliphatic heterocycles. The number of hydrogen-bond donors (Lipinski definition) is 1. The van der Waals surface area contributed by atoms with Crippen LogP contribution in [0.5, 0.6) is 5.75 Å². The lowest BCUT2D eigenvalue weighted by Gasteiger charge is -2.07. The van der Waals surface area contributed by atoms with Crippen molar-refractivity contribution in [3.63, 3.8) is 0 Å². The molecule has 0 aliphatic rings. The van der Waals surface area contributed by atoms with Crippen LogP contribution in [0.1, 0.15) is 25.7 Å². The van der Waals surface area contributed by atoms with Crippen LogP contribution in [0.4, 0.5) is 0 Å². The maximum Gasteiger partial charge on any atom is 0.120 e. The first-order chi connectivity index (χ1) is 8.83. The molecule has 0 aromatic heterocycles. The fourth-order valence-electron chi connectivity index (χ4n) is 1.54. The Morgan fingerprint density at radius 1 is 1.00 bits per heavy atom. The zero-order chi connectivity index (χ0) is 13.1. The van der Waals surface area contributed by atoms with E-state index in [1.54, 1.807) is 0 Å². The van der Waals surface area contributed by atoms with Gasteiger partial charge in [-0.3, -0.25) is 0 Å². The normalized spacial score (nSPS) is 10.6. The molecule has 1 aromatic rings. The molecule has 0 amide bonds. The minimum absolute atomic E-state index is 0.656. The van der Waals surface area contributed by atoms with Gasteiger partial charge in [-0.15, -0.1) is 0 Å². The van der Waals surface area contributed by atoms with Crippen molar-refractivity contribution in [2.75, 3.05) is 26.4 Å². The molecule has 0 spiro atoms. The van der Waals surface area contributed by atoms with Crippen LogP contribution in [0.3, 0.4) is 0 Å². The van der Waals surface area contributed by atoms with Gasteiger partial charge in [0.2, 0.25) is 0 Å². The van der Waals surface area contributed by atoms with Crippen molar-refractivity contribution in [2.24, 2.45) is 5.73 Å². The van der Waals surface area contributed by atoms with E-state index in [4.69, 9.17) is 26.8 Å². The smallest absolute Gasteiger partial charge is 0.120 e. The average Bonchev–Trinajstić information content (AvgIpc) is 2.37. The first kappa shape index (κ1) is 15.3. The van der Waals surface area contributed by atoms with Crippen molar-refractivity contribution in [1.82, 2.24) is 0 Å². The maximum atomic E-state index is 5.85. The van der Waals surface area contributed by atoms with E-state index in [1.165, 1.54) is 0 Å². The third-order valence-corrected chi connectivity index (χ3v) is 2.73. The summed E-state index contributed by atoms with van der Waals surface area (Å²) in [4.78, 5) is 0. The summed E-state index contributed by atoms with van der Waals surface area (Å²) < 4.78 is 11.0. The Labute approximate surface area is 114 Å². The van der Waals surface area contributed by atoms with E-state index in [0.29, 0.717) is 11.6 Å². The van der Waals surface area contributed by atoms with E-state index >= 15 is 0 Å². The van der Waals surface area contributed by atoms with Gasteiger partial charge in [-0.1, -0.05) is 17.7 Å². The molecular weight excluding hydrogens is 250 g/mol. The molecule has 4 heteroatoms. The highest BCUT2D eigenvalue weighted by Gasteiger charge is 1.95. The van der Waals surface area contributed by atoms with Crippen LogP contribution in [0.2, 0.25) is 5.02 Å². The van der Waals surface area contributed by atoms with Crippen LogP contribution in [-0.2, 0) is 4.74 Å². The summed E-state index contributed by atoms with van der Waals surface area (Å²) >= 11 is 5.85. The zero-order valence-electron chi connectivity index (χ0n) is 10.7. The molecule has 18 heavy (non-hydrogen) atoms. The second kappa shape index (κ2) is 10.2. The van der Waals surface area contributed by atoms with E-state index in [1.807, 2.05) is 24.3 Å². The number of benzene rings is 1. The van der Waals surface area contributed by atoms with Gasteiger partial charge in [0.25, 0.3) is 0 Å². The van der Waals surface area contributed by atoms with Gasteiger partial charge in [-0.25, -0.2) is 0 Å². The Balaban J connectivity index is 1.92. The zero-order valence-corrected chi connectivity index (χ0v) is 11.5. The molecule has 1 rings (SSSR count). The van der Waals surface area contributed by atoms with Gasteiger partial charge in [0.15, 0.2) is 0 Å². The molecular formula is C14H22ClNO2. The van der Waals surface area contributed by atoms with Gasteiger partial charge in [0, 0.05) is 24.7 Å². The molecule has 102 valence electrons. The van der Waals surface area contributed by atoms with Crippen molar-refractivity contribution in [1.29, 1.82) is 0 Å². The Morgan fingerprint density at radius 2 is 1.83 bits per heavy atom. The van der Waals surface area contributed by atoms with Gasteiger partial charge >= 0.3 is 0 Å². The molecule has 2 N–H and O–H groups in total. The van der Waals surface area contributed by atoms with E-state index in [2.05, 4.69) is 0 Å². The lowest BCUT2D eigenvalue weighted by molar-refractivity contribution is 0.116. The Bertz CT molecular complexity index is 320. The van der Waals surface area contributed by atoms with Crippen molar-refractivity contribution in [3.05, 3.63) is 29.3 Å². The molecule has 0 aliphatic carbocycles. The van der Waals surface area contributed by atoms with Crippen LogP contribution >= 0.6 is 11.6 Å². The van der Waals surface area contributed by atoms with Crippen molar-refractivity contribution in [2.45, 2.75) is 25.7 Å². The minimum Gasteiger partial charge on any atom is -0.493 e. The summed E-state index contributed by atoms with van der Waals surface area (Å²) in [6.07, 6.45) is 4.21. The molecule has 0 heterocycles. The van der Waals surface area contributed by atoms with Gasteiger partial charge in [0.05, 0.1) is 6.61 Å². The molecule has 0 saturated heterocycles. The Morgan fingerprint density at radius 3 is 2.61 bits per heavy atom. The predicted molar refractivity (Wildman–Crippen MR) is 75.3 cm³/mol. The first-order valence-electron chi connectivity index (χ1n) is 6.49. The summed E-state index contributed by atoms with van der Waals surface area (Å²) in [5.74, 6) is 0.811. The lowest BCUT2D eigenvalue weighted by Crippen LogP contribution is -2.04. The van der Waals surface area contributed by atoms with Crippen molar-refractivity contribution >= 4 is 11.6 Å². The van der Waals surface area contributed by atoms with E-state index in [9.17, 15) is 0 Å². The van der Waals surface area contributed by atoms with Gasteiger partial charge < -0.3 is 15.2 Å². The summed E-state index contributed by atoms with van der Waals surface area (Å²) in [5, 5.41) is 0.698. The van der Waals surface area contributed by atoms with Crippen LogP contribution < -0.4 is 10.5 Å². The first-order valence-corrected chi connectivity index (χ1v) is 6.87. The lowest BCUT2D eigenvalue weighted by atomic mass is 10.2. The number of unbranched alkanes of at least 4 members (excludes halogenated alkanes) is 2. The van der Waals surface area contributed by atoms with Crippen LogP contribution in [0.15, 0.2) is 24.3 Å². The predicted octanol–water partition coefficient (Wildman–Crippen LogP) is 3.25. The number of nitrogens with two attached hydrogens (primary N) is 1. The highest BCUT2D eigenvalue weighted by molar-refractivity contribution is 6.30. The monoisotopic (exact) mass is 271 g/mol. The highest BCUT2D eigenvalue weighted by Crippen LogP contribution is 2.17. The average molecular weight is 272 g/mol. The summed E-state index contributed by atoms with van der Waals surface area (Å²) in [6, 6.07) is 7.43. The van der Waals surface area contributed by atoms with E-state index in [-0.39, 0.29) is 0 Å². The fourth-order valence-corrected chi connectivity index (χ4v) is 1.72. The summed E-state index contributed by atoms with van der Waals surface area (Å²) in [7, 11) is 0. The third kappa shape index (κ3) is 7.54. The fraction of sp³-hybridized carbons (Fsp3) is 0.571.